The molecule has 0 atom stereocenters. The average molecular weight is 402 g/mol. The van der Waals surface area contributed by atoms with Crippen LogP contribution in [0.2, 0.25) is 0 Å². The van der Waals surface area contributed by atoms with Gasteiger partial charge in [0.25, 0.3) is 0 Å². The molecule has 2 aliphatic heterocycles. The van der Waals surface area contributed by atoms with E-state index in [9.17, 15) is 0 Å². The molecule has 0 spiro atoms. The van der Waals surface area contributed by atoms with Gasteiger partial charge in [0.05, 0.1) is 39.6 Å². The maximum atomic E-state index is 5.57. The highest BCUT2D eigenvalue weighted by Gasteiger charge is 2.15. The lowest BCUT2D eigenvalue weighted by molar-refractivity contribution is 0.176. The van der Waals surface area contributed by atoms with Crippen molar-refractivity contribution in [1.29, 1.82) is 0 Å². The molecule has 0 radical (unpaired) electrons. The maximum Gasteiger partial charge on any atom is 0.332 e. The Morgan fingerprint density at radius 3 is 1.81 bits per heavy atom. The zero-order chi connectivity index (χ0) is 18.3. The Hall–Kier alpha value is -0.420. The molecule has 0 bridgehead atoms. The molecule has 1 aromatic rings. The fourth-order valence-corrected chi connectivity index (χ4v) is 4.04. The normalized spacial score (nSPS) is 19.7. The third-order valence-corrected chi connectivity index (χ3v) is 5.61. The number of hydrogen-bond donors (Lipinski definition) is 0. The lowest BCUT2D eigenvalue weighted by Crippen LogP contribution is -1.93. The second-order valence-electron chi connectivity index (χ2n) is 5.54. The fourth-order valence-electron chi connectivity index (χ4n) is 2.00. The Kier molecular flexibility index (Phi) is 12.3. The lowest BCUT2D eigenvalue weighted by Gasteiger charge is -2.13. The molecule has 146 valence electrons. The van der Waals surface area contributed by atoms with E-state index in [1.807, 2.05) is 30.3 Å². The second-order valence-corrected chi connectivity index (χ2v) is 7.98. The minimum Gasteiger partial charge on any atom is -0.312 e. The summed E-state index contributed by atoms with van der Waals surface area (Å²) < 4.78 is 32.2. The SMILES string of the molecule is C=CCOP1OCCCCO1.c1ccc(COP2OCCCCO2)cc1. The van der Waals surface area contributed by atoms with Crippen molar-refractivity contribution < 1.29 is 27.1 Å². The molecule has 2 fully saturated rings. The summed E-state index contributed by atoms with van der Waals surface area (Å²) in [5.74, 6) is 0. The van der Waals surface area contributed by atoms with Crippen molar-refractivity contribution >= 4 is 17.2 Å². The highest BCUT2D eigenvalue weighted by molar-refractivity contribution is 7.41. The van der Waals surface area contributed by atoms with Crippen molar-refractivity contribution in [1.82, 2.24) is 0 Å². The molecule has 0 N–H and O–H groups in total. The summed E-state index contributed by atoms with van der Waals surface area (Å²) >= 11 is 0. The van der Waals surface area contributed by atoms with E-state index < -0.39 is 17.2 Å². The number of hydrogen-bond acceptors (Lipinski definition) is 6. The van der Waals surface area contributed by atoms with Crippen molar-refractivity contribution in [3.8, 4) is 0 Å². The molecular formula is C18H28O6P2. The Labute approximate surface area is 158 Å². The highest BCUT2D eigenvalue weighted by atomic mass is 31.2. The first-order valence-electron chi connectivity index (χ1n) is 8.91. The standard InChI is InChI=1S/C11H15O3P.C7H13O3P/c1-2-6-11(7-3-1)10-14-15-12-8-4-5-9-13-15;1-2-5-8-11-9-6-3-4-7-10-11/h1-3,6-7H,4-5,8-10H2;2H,1,3-7H2. The highest BCUT2D eigenvalue weighted by Crippen LogP contribution is 2.42. The van der Waals surface area contributed by atoms with Gasteiger partial charge < -0.3 is 27.1 Å². The molecule has 26 heavy (non-hydrogen) atoms. The van der Waals surface area contributed by atoms with Gasteiger partial charge in [-0.05, 0) is 31.2 Å². The van der Waals surface area contributed by atoms with Gasteiger partial charge in [-0.1, -0.05) is 36.4 Å². The molecule has 2 saturated heterocycles. The Morgan fingerprint density at radius 1 is 0.808 bits per heavy atom. The quantitative estimate of drug-likeness (QED) is 0.463. The molecule has 0 amide bonds. The third-order valence-electron chi connectivity index (χ3n) is 3.34. The molecule has 8 heteroatoms. The van der Waals surface area contributed by atoms with Crippen LogP contribution in [0.15, 0.2) is 43.0 Å². The van der Waals surface area contributed by atoms with Gasteiger partial charge in [-0.2, -0.15) is 0 Å². The summed E-state index contributed by atoms with van der Waals surface area (Å²) in [5.41, 5.74) is 1.15. The summed E-state index contributed by atoms with van der Waals surface area (Å²) in [5, 5.41) is 0. The van der Waals surface area contributed by atoms with E-state index in [2.05, 4.69) is 6.58 Å². The van der Waals surface area contributed by atoms with Crippen LogP contribution in [-0.2, 0) is 33.7 Å². The van der Waals surface area contributed by atoms with E-state index in [0.717, 1.165) is 57.7 Å². The summed E-state index contributed by atoms with van der Waals surface area (Å²) in [7, 11) is -2.20. The average Bonchev–Trinajstić information content (AvgIpc) is 3.11. The van der Waals surface area contributed by atoms with Crippen LogP contribution in [0.5, 0.6) is 0 Å². The van der Waals surface area contributed by atoms with E-state index >= 15 is 0 Å². The van der Waals surface area contributed by atoms with Gasteiger partial charge >= 0.3 is 17.2 Å². The zero-order valence-corrected chi connectivity index (χ0v) is 16.9. The Morgan fingerprint density at radius 2 is 1.31 bits per heavy atom. The first-order chi connectivity index (χ1) is 12.9. The van der Waals surface area contributed by atoms with Gasteiger partial charge in [0.2, 0.25) is 0 Å². The van der Waals surface area contributed by atoms with Gasteiger partial charge in [0.1, 0.15) is 0 Å². The van der Waals surface area contributed by atoms with E-state index in [4.69, 9.17) is 27.1 Å². The van der Waals surface area contributed by atoms with E-state index in [1.54, 1.807) is 6.08 Å². The molecule has 6 nitrogen and oxygen atoms in total. The monoisotopic (exact) mass is 402 g/mol. The van der Waals surface area contributed by atoms with Crippen molar-refractivity contribution in [2.45, 2.75) is 32.3 Å². The van der Waals surface area contributed by atoms with Gasteiger partial charge in [-0.3, -0.25) is 0 Å². The van der Waals surface area contributed by atoms with Gasteiger partial charge in [-0.15, -0.1) is 6.58 Å². The van der Waals surface area contributed by atoms with Crippen LogP contribution in [0.4, 0.5) is 0 Å². The molecule has 3 rings (SSSR count). The van der Waals surface area contributed by atoms with Crippen LogP contribution in [0.3, 0.4) is 0 Å². The molecule has 1 aromatic carbocycles. The molecule has 0 unspecified atom stereocenters. The molecule has 0 aliphatic carbocycles. The first-order valence-corrected chi connectivity index (χ1v) is 11.1. The Bertz CT molecular complexity index is 460. The Balaban J connectivity index is 0.000000197. The van der Waals surface area contributed by atoms with Crippen LogP contribution in [0.1, 0.15) is 31.2 Å². The molecule has 0 aromatic heterocycles. The van der Waals surface area contributed by atoms with E-state index in [-0.39, 0.29) is 0 Å². The third kappa shape index (κ3) is 10.1. The van der Waals surface area contributed by atoms with Gasteiger partial charge in [-0.25, -0.2) is 0 Å². The second kappa shape index (κ2) is 14.6. The molecular weight excluding hydrogens is 374 g/mol. The summed E-state index contributed by atoms with van der Waals surface area (Å²) in [4.78, 5) is 0. The predicted molar refractivity (Wildman–Crippen MR) is 103 cm³/mol. The largest absolute Gasteiger partial charge is 0.332 e. The van der Waals surface area contributed by atoms with Crippen LogP contribution < -0.4 is 0 Å². The number of rotatable bonds is 6. The summed E-state index contributed by atoms with van der Waals surface area (Å²) in [6.45, 7) is 7.62. The zero-order valence-electron chi connectivity index (χ0n) is 15.1. The van der Waals surface area contributed by atoms with E-state index in [1.165, 1.54) is 0 Å². The van der Waals surface area contributed by atoms with Gasteiger partial charge in [0.15, 0.2) is 0 Å². The lowest BCUT2D eigenvalue weighted by atomic mass is 10.2. The van der Waals surface area contributed by atoms with Crippen molar-refractivity contribution in [2.24, 2.45) is 0 Å². The molecule has 2 aliphatic rings. The van der Waals surface area contributed by atoms with E-state index in [0.29, 0.717) is 13.2 Å². The maximum absolute atomic E-state index is 5.57. The van der Waals surface area contributed by atoms with Gasteiger partial charge in [0, 0.05) is 0 Å². The smallest absolute Gasteiger partial charge is 0.312 e. The predicted octanol–water partition coefficient (Wildman–Crippen LogP) is 5.50. The topological polar surface area (TPSA) is 55.4 Å². The van der Waals surface area contributed by atoms with Crippen LogP contribution in [-0.4, -0.2) is 33.0 Å². The minimum atomic E-state index is -1.12. The molecule has 2 heterocycles. The van der Waals surface area contributed by atoms with Crippen LogP contribution in [0.25, 0.3) is 0 Å². The fraction of sp³-hybridized carbons (Fsp3) is 0.556. The van der Waals surface area contributed by atoms with Crippen molar-refractivity contribution in [3.63, 3.8) is 0 Å². The summed E-state index contributed by atoms with van der Waals surface area (Å²) in [6, 6.07) is 10.1. The molecule has 0 saturated carbocycles. The van der Waals surface area contributed by atoms with Crippen molar-refractivity contribution in [2.75, 3.05) is 33.0 Å². The minimum absolute atomic E-state index is 0.506. The van der Waals surface area contributed by atoms with Crippen LogP contribution >= 0.6 is 17.2 Å². The summed E-state index contributed by atoms with van der Waals surface area (Å²) in [6.07, 6.45) is 5.95. The number of benzene rings is 1. The van der Waals surface area contributed by atoms with Crippen LogP contribution in [0, 0.1) is 0 Å². The first kappa shape index (κ1) is 21.9. The van der Waals surface area contributed by atoms with Crippen molar-refractivity contribution in [3.05, 3.63) is 48.6 Å².